The number of hydrogen-bond donors (Lipinski definition) is 2. The number of ether oxygens (including phenoxy) is 1. The van der Waals surface area contributed by atoms with E-state index in [0.29, 0.717) is 29.1 Å². The third-order valence-corrected chi connectivity index (χ3v) is 7.64. The van der Waals surface area contributed by atoms with Gasteiger partial charge in [-0.15, -0.1) is 0 Å². The monoisotopic (exact) mass is 466 g/mol. The number of fused-ring (bicyclic) bond motifs is 2. The number of likely N-dealkylation sites (N-methyl/N-ethyl adjacent to an activating group) is 1. The molecule has 180 valence electrons. The molecule has 0 bridgehead atoms. The maximum absolute atomic E-state index is 15.3. The van der Waals surface area contributed by atoms with E-state index >= 15 is 4.39 Å². The van der Waals surface area contributed by atoms with E-state index < -0.39 is 6.17 Å². The number of carbonyl (C=O) groups excluding carboxylic acids is 1. The Hall–Kier alpha value is -3.13. The zero-order valence-electron chi connectivity index (χ0n) is 20.2. The van der Waals surface area contributed by atoms with Crippen LogP contribution in [-0.4, -0.2) is 53.8 Å². The maximum Gasteiger partial charge on any atom is 0.256 e. The zero-order valence-corrected chi connectivity index (χ0v) is 20.2. The zero-order chi connectivity index (χ0) is 24.3. The van der Waals surface area contributed by atoms with Crippen LogP contribution in [0.3, 0.4) is 0 Å². The van der Waals surface area contributed by atoms with Gasteiger partial charge in [-0.2, -0.15) is 0 Å². The quantitative estimate of drug-likeness (QED) is 0.617. The van der Waals surface area contributed by atoms with Crippen molar-refractivity contribution in [2.24, 2.45) is 5.92 Å². The van der Waals surface area contributed by atoms with Gasteiger partial charge in [0.2, 0.25) is 0 Å². The highest BCUT2D eigenvalue weighted by Gasteiger charge is 2.45. The molecule has 0 radical (unpaired) electrons. The molecule has 5 rings (SSSR count). The van der Waals surface area contributed by atoms with Gasteiger partial charge in [0.25, 0.3) is 11.5 Å². The van der Waals surface area contributed by atoms with E-state index in [9.17, 15) is 9.59 Å². The van der Waals surface area contributed by atoms with Crippen LogP contribution in [0.2, 0.25) is 0 Å². The number of para-hydroxylation sites is 1. The molecule has 2 aromatic heterocycles. The van der Waals surface area contributed by atoms with E-state index in [4.69, 9.17) is 4.74 Å². The molecule has 2 aliphatic rings. The number of pyridine rings is 1. The fourth-order valence-corrected chi connectivity index (χ4v) is 6.22. The van der Waals surface area contributed by atoms with Gasteiger partial charge in [-0.05, 0) is 39.4 Å². The molecular weight excluding hydrogens is 435 g/mol. The van der Waals surface area contributed by atoms with E-state index in [2.05, 4.69) is 32.8 Å². The molecule has 0 spiro atoms. The number of aromatic nitrogens is 2. The Kier molecular flexibility index (Phi) is 5.51. The van der Waals surface area contributed by atoms with E-state index in [-0.39, 0.29) is 35.9 Å². The van der Waals surface area contributed by atoms with E-state index in [1.54, 1.807) is 13.0 Å². The lowest BCUT2D eigenvalue weighted by atomic mass is 9.73. The average Bonchev–Trinajstić information content (AvgIpc) is 3.08. The van der Waals surface area contributed by atoms with Gasteiger partial charge in [0.05, 0.1) is 30.3 Å². The summed E-state index contributed by atoms with van der Waals surface area (Å²) in [5.74, 6) is 0.135. The molecule has 2 aliphatic heterocycles. The summed E-state index contributed by atoms with van der Waals surface area (Å²) < 4.78 is 22.8. The largest absolute Gasteiger partial charge is 0.496 e. The van der Waals surface area contributed by atoms with Crippen molar-refractivity contribution in [3.05, 3.63) is 62.7 Å². The van der Waals surface area contributed by atoms with Gasteiger partial charge in [0.1, 0.15) is 11.9 Å². The number of carbonyl (C=O) groups is 1. The lowest BCUT2D eigenvalue weighted by Crippen LogP contribution is -2.49. The van der Waals surface area contributed by atoms with Crippen molar-refractivity contribution < 1.29 is 13.9 Å². The lowest BCUT2D eigenvalue weighted by molar-refractivity contribution is 0.0500. The number of halogens is 1. The number of rotatable bonds is 4. The number of nitrogens with zero attached hydrogens (tertiary/aromatic N) is 2. The Morgan fingerprint density at radius 3 is 2.79 bits per heavy atom. The molecular formula is C26H31FN4O3. The molecule has 34 heavy (non-hydrogen) atoms. The molecule has 7 nitrogen and oxygen atoms in total. The van der Waals surface area contributed by atoms with Crippen molar-refractivity contribution in [3.8, 4) is 5.75 Å². The molecule has 0 aliphatic carbocycles. The third-order valence-electron chi connectivity index (χ3n) is 7.64. The topological polar surface area (TPSA) is 79.4 Å². The van der Waals surface area contributed by atoms with Crippen molar-refractivity contribution in [2.45, 2.75) is 45.4 Å². The first-order chi connectivity index (χ1) is 16.2. The van der Waals surface area contributed by atoms with E-state index in [0.717, 1.165) is 28.7 Å². The van der Waals surface area contributed by atoms with Crippen molar-refractivity contribution in [3.63, 3.8) is 0 Å². The van der Waals surface area contributed by atoms with Crippen LogP contribution in [0.25, 0.3) is 10.9 Å². The van der Waals surface area contributed by atoms with Crippen LogP contribution in [0.1, 0.15) is 51.8 Å². The van der Waals surface area contributed by atoms with Crippen molar-refractivity contribution in [2.75, 3.05) is 27.2 Å². The van der Waals surface area contributed by atoms with Crippen LogP contribution in [0.5, 0.6) is 5.75 Å². The number of aromatic amines is 1. The molecule has 4 atom stereocenters. The number of benzene rings is 1. The summed E-state index contributed by atoms with van der Waals surface area (Å²) >= 11 is 0. The van der Waals surface area contributed by atoms with Crippen LogP contribution in [0, 0.1) is 19.8 Å². The van der Waals surface area contributed by atoms with Crippen LogP contribution in [0.4, 0.5) is 4.39 Å². The Labute approximate surface area is 197 Å². The molecule has 1 saturated heterocycles. The third kappa shape index (κ3) is 3.35. The number of methoxy groups -OCH3 is 1. The van der Waals surface area contributed by atoms with E-state index in [1.165, 1.54) is 7.11 Å². The number of amides is 1. The minimum atomic E-state index is -0.929. The molecule has 3 aromatic rings. The summed E-state index contributed by atoms with van der Waals surface area (Å²) in [6.07, 6.45) is -0.929. The minimum Gasteiger partial charge on any atom is -0.496 e. The van der Waals surface area contributed by atoms with Gasteiger partial charge in [-0.3, -0.25) is 9.59 Å². The van der Waals surface area contributed by atoms with Gasteiger partial charge in [-0.25, -0.2) is 4.39 Å². The predicted octanol–water partition coefficient (Wildman–Crippen LogP) is 3.44. The summed E-state index contributed by atoms with van der Waals surface area (Å²) in [6, 6.07) is 7.67. The first kappa shape index (κ1) is 22.7. The molecule has 8 heteroatoms. The fraction of sp³-hybridized carbons (Fsp3) is 0.462. The number of piperidine rings is 1. The molecule has 1 aromatic carbocycles. The number of H-pyrrole nitrogens is 1. The standard InChI is InChI=1S/C26H31FN4O3/c1-13-9-21(34-5)18(25(32)29-13)10-28-26(33)23-15(3)31-14(2)22-19(11-30(4)12-20(22)27)16-7-6-8-17(23)24(16)31/h6-9,14,19-20,22H,10-12H2,1-5H3,(H,28,33)(H,29,32). The maximum atomic E-state index is 15.3. The first-order valence-corrected chi connectivity index (χ1v) is 11.7. The number of nitrogens with one attached hydrogen (secondary N) is 2. The number of alkyl halides is 1. The minimum absolute atomic E-state index is 0.0432. The Bertz CT molecular complexity index is 1340. The fourth-order valence-electron chi connectivity index (χ4n) is 6.22. The van der Waals surface area contributed by atoms with Crippen molar-refractivity contribution in [1.82, 2.24) is 19.8 Å². The van der Waals surface area contributed by atoms with Gasteiger partial charge in [0, 0.05) is 47.7 Å². The second kappa shape index (κ2) is 8.27. The summed E-state index contributed by atoms with van der Waals surface area (Å²) in [5.41, 5.74) is 4.30. The van der Waals surface area contributed by atoms with Crippen LogP contribution >= 0.6 is 0 Å². The first-order valence-electron chi connectivity index (χ1n) is 11.7. The number of aryl methyl sites for hydroxylation is 1. The second-order valence-corrected chi connectivity index (χ2v) is 9.75. The SMILES string of the molecule is COc1cc(C)[nH]c(=O)c1CNC(=O)c1c(C)n2c3c(cccc13)C1CN(C)CC(F)C1C2C. The summed E-state index contributed by atoms with van der Waals surface area (Å²) in [6.45, 7) is 7.05. The number of likely N-dealkylation sites (tertiary alicyclic amines) is 1. The molecule has 4 heterocycles. The average molecular weight is 467 g/mol. The summed E-state index contributed by atoms with van der Waals surface area (Å²) in [5, 5.41) is 3.79. The highest BCUT2D eigenvalue weighted by atomic mass is 19.1. The molecule has 0 saturated carbocycles. The molecule has 4 unspecified atom stereocenters. The Morgan fingerprint density at radius 1 is 1.29 bits per heavy atom. The normalized spacial score (nSPS) is 24.2. The second-order valence-electron chi connectivity index (χ2n) is 9.75. The highest BCUT2D eigenvalue weighted by molar-refractivity contribution is 6.09. The summed E-state index contributed by atoms with van der Waals surface area (Å²) in [4.78, 5) is 30.8. The van der Waals surface area contributed by atoms with Gasteiger partial charge < -0.3 is 24.5 Å². The molecule has 1 amide bonds. The number of hydrogen-bond acceptors (Lipinski definition) is 4. The Balaban J connectivity index is 1.56. The lowest BCUT2D eigenvalue weighted by Gasteiger charge is -2.46. The summed E-state index contributed by atoms with van der Waals surface area (Å²) in [7, 11) is 3.47. The van der Waals surface area contributed by atoms with Gasteiger partial charge in [0.15, 0.2) is 0 Å². The van der Waals surface area contributed by atoms with Crippen LogP contribution in [-0.2, 0) is 6.54 Å². The predicted molar refractivity (Wildman–Crippen MR) is 130 cm³/mol. The highest BCUT2D eigenvalue weighted by Crippen LogP contribution is 2.49. The molecule has 2 N–H and O–H groups in total. The van der Waals surface area contributed by atoms with Crippen molar-refractivity contribution in [1.29, 1.82) is 0 Å². The van der Waals surface area contributed by atoms with Crippen molar-refractivity contribution >= 4 is 16.8 Å². The van der Waals surface area contributed by atoms with Crippen LogP contribution < -0.4 is 15.6 Å². The van der Waals surface area contributed by atoms with Gasteiger partial charge >= 0.3 is 0 Å². The van der Waals surface area contributed by atoms with E-state index in [1.807, 2.05) is 26.1 Å². The molecule has 1 fully saturated rings. The Morgan fingerprint density at radius 2 is 2.06 bits per heavy atom. The van der Waals surface area contributed by atoms with Gasteiger partial charge in [-0.1, -0.05) is 18.2 Å². The smallest absolute Gasteiger partial charge is 0.256 e. The van der Waals surface area contributed by atoms with Crippen LogP contribution in [0.15, 0.2) is 29.1 Å².